The molecule has 0 spiro atoms. The third-order valence-corrected chi connectivity index (χ3v) is 3.83. The van der Waals surface area contributed by atoms with E-state index in [1.807, 2.05) is 18.2 Å². The van der Waals surface area contributed by atoms with E-state index in [-0.39, 0.29) is 5.91 Å². The molecule has 3 rings (SSSR count). The Bertz CT molecular complexity index is 695. The Morgan fingerprint density at radius 1 is 1.27 bits per heavy atom. The molecule has 0 aliphatic carbocycles. The number of nitrogens with one attached hydrogen (secondary N) is 2. The second-order valence-corrected chi connectivity index (χ2v) is 5.31. The summed E-state index contributed by atoms with van der Waals surface area (Å²) in [6.45, 7) is 2.08. The predicted octanol–water partition coefficient (Wildman–Crippen LogP) is 2.28. The molecule has 0 saturated carbocycles. The molecule has 0 radical (unpaired) electrons. The van der Waals surface area contributed by atoms with Crippen LogP contribution in [0.25, 0.3) is 0 Å². The Hall–Kier alpha value is -2.71. The van der Waals surface area contributed by atoms with Gasteiger partial charge in [0.05, 0.1) is 5.56 Å². The number of aromatic nitrogens is 1. The van der Waals surface area contributed by atoms with E-state index >= 15 is 0 Å². The SMILES string of the molecule is N#Cc1ccc(C(=O)Nc2ccc(C3CCNC3)cc2)nc1. The summed E-state index contributed by atoms with van der Waals surface area (Å²) in [4.78, 5) is 16.1. The van der Waals surface area contributed by atoms with Gasteiger partial charge in [0.25, 0.3) is 5.91 Å². The van der Waals surface area contributed by atoms with Gasteiger partial charge in [0, 0.05) is 18.4 Å². The van der Waals surface area contributed by atoms with Gasteiger partial charge >= 0.3 is 0 Å². The number of anilines is 1. The maximum atomic E-state index is 12.1. The minimum absolute atomic E-state index is 0.278. The number of carbonyl (C=O) groups excluding carboxylic acids is 1. The molecule has 1 saturated heterocycles. The second kappa shape index (κ2) is 6.37. The van der Waals surface area contributed by atoms with Gasteiger partial charge in [-0.1, -0.05) is 12.1 Å². The zero-order valence-corrected chi connectivity index (χ0v) is 12.0. The fourth-order valence-corrected chi connectivity index (χ4v) is 2.57. The van der Waals surface area contributed by atoms with Crippen LogP contribution >= 0.6 is 0 Å². The van der Waals surface area contributed by atoms with Crippen LogP contribution in [0.5, 0.6) is 0 Å². The molecule has 110 valence electrons. The fourth-order valence-electron chi connectivity index (χ4n) is 2.57. The van der Waals surface area contributed by atoms with Crippen LogP contribution in [-0.4, -0.2) is 24.0 Å². The maximum absolute atomic E-state index is 12.1. The van der Waals surface area contributed by atoms with Crippen molar-refractivity contribution in [2.45, 2.75) is 12.3 Å². The predicted molar refractivity (Wildman–Crippen MR) is 83.6 cm³/mol. The van der Waals surface area contributed by atoms with Crippen LogP contribution in [0.2, 0.25) is 0 Å². The number of rotatable bonds is 3. The highest BCUT2D eigenvalue weighted by Crippen LogP contribution is 2.23. The summed E-state index contributed by atoms with van der Waals surface area (Å²) in [5, 5.41) is 14.9. The fraction of sp³-hybridized carbons (Fsp3) is 0.235. The number of hydrogen-bond acceptors (Lipinski definition) is 4. The van der Waals surface area contributed by atoms with Crippen molar-refractivity contribution >= 4 is 11.6 Å². The minimum Gasteiger partial charge on any atom is -0.321 e. The molecule has 1 unspecified atom stereocenters. The molecule has 5 heteroatoms. The molecule has 5 nitrogen and oxygen atoms in total. The van der Waals surface area contributed by atoms with E-state index in [4.69, 9.17) is 5.26 Å². The molecule has 22 heavy (non-hydrogen) atoms. The Balaban J connectivity index is 1.66. The molecule has 1 aliphatic rings. The normalized spacial score (nSPS) is 17.0. The molecule has 2 N–H and O–H groups in total. The minimum atomic E-state index is -0.278. The van der Waals surface area contributed by atoms with Crippen molar-refractivity contribution in [3.8, 4) is 6.07 Å². The third kappa shape index (κ3) is 3.13. The highest BCUT2D eigenvalue weighted by atomic mass is 16.1. The molecule has 0 bridgehead atoms. The molecule has 1 amide bonds. The lowest BCUT2D eigenvalue weighted by Crippen LogP contribution is -2.13. The summed E-state index contributed by atoms with van der Waals surface area (Å²) >= 11 is 0. The van der Waals surface area contributed by atoms with Crippen LogP contribution in [0.4, 0.5) is 5.69 Å². The van der Waals surface area contributed by atoms with Crippen molar-refractivity contribution in [1.29, 1.82) is 5.26 Å². The van der Waals surface area contributed by atoms with Crippen molar-refractivity contribution in [2.75, 3.05) is 18.4 Å². The van der Waals surface area contributed by atoms with E-state index in [2.05, 4.69) is 27.8 Å². The van der Waals surface area contributed by atoms with Gasteiger partial charge in [0.15, 0.2) is 0 Å². The zero-order valence-electron chi connectivity index (χ0n) is 12.0. The zero-order chi connectivity index (χ0) is 15.4. The Kier molecular flexibility index (Phi) is 4.12. The molecule has 1 fully saturated rings. The van der Waals surface area contributed by atoms with Gasteiger partial charge in [0.1, 0.15) is 11.8 Å². The number of nitriles is 1. The topological polar surface area (TPSA) is 77.8 Å². The van der Waals surface area contributed by atoms with Crippen molar-refractivity contribution in [3.05, 3.63) is 59.4 Å². The maximum Gasteiger partial charge on any atom is 0.274 e. The van der Waals surface area contributed by atoms with Crippen LogP contribution in [-0.2, 0) is 0 Å². The Morgan fingerprint density at radius 3 is 2.68 bits per heavy atom. The average Bonchev–Trinajstić information content (AvgIpc) is 3.10. The molecule has 1 aliphatic heterocycles. The molecule has 1 aromatic heterocycles. The first-order chi connectivity index (χ1) is 10.8. The summed E-state index contributed by atoms with van der Waals surface area (Å²) in [5.41, 5.74) is 2.76. The van der Waals surface area contributed by atoms with Gasteiger partial charge in [0.2, 0.25) is 0 Å². The van der Waals surface area contributed by atoms with Crippen molar-refractivity contribution in [1.82, 2.24) is 10.3 Å². The van der Waals surface area contributed by atoms with Gasteiger partial charge in [-0.05, 0) is 48.7 Å². The highest BCUT2D eigenvalue weighted by molar-refractivity contribution is 6.02. The van der Waals surface area contributed by atoms with Gasteiger partial charge in [-0.2, -0.15) is 5.26 Å². The van der Waals surface area contributed by atoms with E-state index in [1.165, 1.54) is 11.8 Å². The molecule has 1 atom stereocenters. The number of amides is 1. The summed E-state index contributed by atoms with van der Waals surface area (Å²) in [7, 11) is 0. The van der Waals surface area contributed by atoms with Gasteiger partial charge in [-0.25, -0.2) is 4.98 Å². The summed E-state index contributed by atoms with van der Waals surface area (Å²) in [5.74, 6) is 0.282. The summed E-state index contributed by atoms with van der Waals surface area (Å²) < 4.78 is 0. The van der Waals surface area contributed by atoms with Gasteiger partial charge in [-0.3, -0.25) is 4.79 Å². The average molecular weight is 292 g/mol. The molecular weight excluding hydrogens is 276 g/mol. The molecule has 2 heterocycles. The number of hydrogen-bond donors (Lipinski definition) is 2. The van der Waals surface area contributed by atoms with Crippen LogP contribution in [0.15, 0.2) is 42.6 Å². The first-order valence-corrected chi connectivity index (χ1v) is 7.24. The lowest BCUT2D eigenvalue weighted by Gasteiger charge is -2.10. The first kappa shape index (κ1) is 14.2. The van der Waals surface area contributed by atoms with E-state index in [9.17, 15) is 4.79 Å². The number of benzene rings is 1. The highest BCUT2D eigenvalue weighted by Gasteiger charge is 2.16. The first-order valence-electron chi connectivity index (χ1n) is 7.24. The second-order valence-electron chi connectivity index (χ2n) is 5.31. The smallest absolute Gasteiger partial charge is 0.274 e. The molecule has 1 aromatic carbocycles. The lowest BCUT2D eigenvalue weighted by molar-refractivity contribution is 0.102. The number of pyridine rings is 1. The van der Waals surface area contributed by atoms with Crippen LogP contribution in [0, 0.1) is 11.3 Å². The third-order valence-electron chi connectivity index (χ3n) is 3.83. The largest absolute Gasteiger partial charge is 0.321 e. The van der Waals surface area contributed by atoms with Crippen molar-refractivity contribution in [2.24, 2.45) is 0 Å². The van der Waals surface area contributed by atoms with Crippen LogP contribution in [0.3, 0.4) is 0 Å². The van der Waals surface area contributed by atoms with Crippen LogP contribution < -0.4 is 10.6 Å². The van der Waals surface area contributed by atoms with Gasteiger partial charge < -0.3 is 10.6 Å². The van der Waals surface area contributed by atoms with E-state index < -0.39 is 0 Å². The Morgan fingerprint density at radius 2 is 2.09 bits per heavy atom. The number of carbonyl (C=O) groups is 1. The monoisotopic (exact) mass is 292 g/mol. The van der Waals surface area contributed by atoms with E-state index in [1.54, 1.807) is 12.1 Å². The van der Waals surface area contributed by atoms with Crippen LogP contribution in [0.1, 0.15) is 34.0 Å². The summed E-state index contributed by atoms with van der Waals surface area (Å²) in [6, 6.07) is 13.0. The summed E-state index contributed by atoms with van der Waals surface area (Å²) in [6.07, 6.45) is 2.55. The van der Waals surface area contributed by atoms with E-state index in [0.29, 0.717) is 17.2 Å². The van der Waals surface area contributed by atoms with Gasteiger partial charge in [-0.15, -0.1) is 0 Å². The standard InChI is InChI=1S/C17H16N4O/c18-9-12-1-6-16(20-10-12)17(22)21-15-4-2-13(3-5-15)14-7-8-19-11-14/h1-6,10,14,19H,7-8,11H2,(H,21,22). The Labute approximate surface area is 129 Å². The molecule has 2 aromatic rings. The van der Waals surface area contributed by atoms with Crippen molar-refractivity contribution < 1.29 is 4.79 Å². The lowest BCUT2D eigenvalue weighted by atomic mass is 9.98. The molecular formula is C17H16N4O. The van der Waals surface area contributed by atoms with E-state index in [0.717, 1.165) is 25.2 Å². The number of nitrogens with zero attached hydrogens (tertiary/aromatic N) is 2. The van der Waals surface area contributed by atoms with Crippen molar-refractivity contribution in [3.63, 3.8) is 0 Å². The quantitative estimate of drug-likeness (QED) is 0.909.